The fraction of sp³-hybridized carbons (Fsp3) is 0.200. The highest BCUT2D eigenvalue weighted by Crippen LogP contribution is 2.36. The van der Waals surface area contributed by atoms with Crippen LogP contribution in [0.25, 0.3) is 0 Å². The van der Waals surface area contributed by atoms with Gasteiger partial charge >= 0.3 is 0 Å². The molecule has 0 amide bonds. The van der Waals surface area contributed by atoms with E-state index in [9.17, 15) is 8.78 Å². The van der Waals surface area contributed by atoms with Crippen LogP contribution in [0.2, 0.25) is 0 Å². The van der Waals surface area contributed by atoms with Crippen LogP contribution in [0.5, 0.6) is 5.75 Å². The molecule has 20 heavy (non-hydrogen) atoms. The van der Waals surface area contributed by atoms with Crippen LogP contribution in [0.3, 0.4) is 0 Å². The second-order valence-corrected chi connectivity index (χ2v) is 5.47. The summed E-state index contributed by atoms with van der Waals surface area (Å²) in [6, 6.07) is 8.60. The second kappa shape index (κ2) is 6.55. The molecule has 2 rings (SSSR count). The fourth-order valence-electron chi connectivity index (χ4n) is 1.87. The van der Waals surface area contributed by atoms with Crippen molar-refractivity contribution in [3.8, 4) is 5.75 Å². The molecule has 2 aromatic carbocycles. The molecule has 2 aromatic rings. The first-order valence-electron chi connectivity index (χ1n) is 6.03. The minimum absolute atomic E-state index is 0.369. The highest BCUT2D eigenvalue weighted by Gasteiger charge is 2.16. The Morgan fingerprint density at radius 3 is 2.35 bits per heavy atom. The van der Waals surface area contributed by atoms with Crippen LogP contribution in [-0.4, -0.2) is 6.61 Å². The van der Waals surface area contributed by atoms with Gasteiger partial charge in [-0.2, -0.15) is 0 Å². The van der Waals surface area contributed by atoms with E-state index in [1.54, 1.807) is 18.2 Å². The third-order valence-corrected chi connectivity index (χ3v) is 3.91. The number of halogens is 4. The molecule has 1 nitrogen and oxygen atoms in total. The Morgan fingerprint density at radius 1 is 1.15 bits per heavy atom. The highest BCUT2D eigenvalue weighted by molar-refractivity contribution is 9.10. The van der Waals surface area contributed by atoms with Gasteiger partial charge in [-0.1, -0.05) is 22.0 Å². The molecule has 0 radical (unpaired) electrons. The Kier molecular flexibility index (Phi) is 5.00. The number of ether oxygens (including phenoxy) is 1. The predicted molar refractivity (Wildman–Crippen MR) is 79.4 cm³/mol. The first-order chi connectivity index (χ1) is 9.51. The van der Waals surface area contributed by atoms with Crippen molar-refractivity contribution in [2.45, 2.75) is 12.3 Å². The molecule has 0 saturated heterocycles. The summed E-state index contributed by atoms with van der Waals surface area (Å²) in [6.45, 7) is 2.45. The van der Waals surface area contributed by atoms with E-state index in [0.29, 0.717) is 17.9 Å². The van der Waals surface area contributed by atoms with Crippen LogP contribution in [0.4, 0.5) is 8.78 Å². The maximum absolute atomic E-state index is 13.2. The van der Waals surface area contributed by atoms with Crippen molar-refractivity contribution < 1.29 is 13.5 Å². The lowest BCUT2D eigenvalue weighted by atomic mass is 10.0. The van der Waals surface area contributed by atoms with Crippen LogP contribution in [0.1, 0.15) is 23.4 Å². The van der Waals surface area contributed by atoms with Gasteiger partial charge in [-0.3, -0.25) is 0 Å². The lowest BCUT2D eigenvalue weighted by molar-refractivity contribution is 0.340. The predicted octanol–water partition coefficient (Wildman–Crippen LogP) is 5.45. The van der Waals surface area contributed by atoms with Gasteiger partial charge < -0.3 is 4.74 Å². The average molecular weight is 362 g/mol. The van der Waals surface area contributed by atoms with Gasteiger partial charge in [-0.25, -0.2) is 8.78 Å². The Labute approximate surface area is 129 Å². The van der Waals surface area contributed by atoms with Gasteiger partial charge in [0.15, 0.2) is 0 Å². The lowest BCUT2D eigenvalue weighted by Crippen LogP contribution is -1.98. The molecule has 0 spiro atoms. The largest absolute Gasteiger partial charge is 0.494 e. The minimum atomic E-state index is -0.648. The SMILES string of the molecule is CCOc1ccc(C(Cl)c2cc(F)cc(F)c2)c(Br)c1. The average Bonchev–Trinajstić information content (AvgIpc) is 2.37. The molecule has 5 heteroatoms. The number of alkyl halides is 1. The molecule has 0 fully saturated rings. The third-order valence-electron chi connectivity index (χ3n) is 2.73. The summed E-state index contributed by atoms with van der Waals surface area (Å²) in [5.41, 5.74) is 1.09. The molecule has 1 atom stereocenters. The zero-order chi connectivity index (χ0) is 14.7. The Balaban J connectivity index is 2.35. The van der Waals surface area contributed by atoms with E-state index in [1.165, 1.54) is 12.1 Å². The molecule has 0 aromatic heterocycles. The van der Waals surface area contributed by atoms with Crippen LogP contribution in [-0.2, 0) is 0 Å². The van der Waals surface area contributed by atoms with E-state index in [4.69, 9.17) is 16.3 Å². The summed E-state index contributed by atoms with van der Waals surface area (Å²) >= 11 is 9.71. The first-order valence-corrected chi connectivity index (χ1v) is 7.26. The van der Waals surface area contributed by atoms with Crippen LogP contribution < -0.4 is 4.74 Å². The highest BCUT2D eigenvalue weighted by atomic mass is 79.9. The second-order valence-electron chi connectivity index (χ2n) is 4.18. The minimum Gasteiger partial charge on any atom is -0.494 e. The van der Waals surface area contributed by atoms with Gasteiger partial charge in [0.05, 0.1) is 12.0 Å². The molecule has 0 heterocycles. The zero-order valence-corrected chi connectivity index (χ0v) is 13.0. The molecular formula is C15H12BrClF2O. The van der Waals surface area contributed by atoms with Crippen molar-refractivity contribution in [1.29, 1.82) is 0 Å². The monoisotopic (exact) mass is 360 g/mol. The molecule has 0 bridgehead atoms. The van der Waals surface area contributed by atoms with Crippen molar-refractivity contribution in [2.24, 2.45) is 0 Å². The van der Waals surface area contributed by atoms with Gasteiger partial charge in [-0.05, 0) is 42.3 Å². The maximum Gasteiger partial charge on any atom is 0.126 e. The Bertz CT molecular complexity index is 599. The van der Waals surface area contributed by atoms with E-state index in [-0.39, 0.29) is 0 Å². The lowest BCUT2D eigenvalue weighted by Gasteiger charge is -2.14. The molecule has 0 aliphatic rings. The Morgan fingerprint density at radius 2 is 1.80 bits per heavy atom. The Hall–Kier alpha value is -1.13. The van der Waals surface area contributed by atoms with Crippen molar-refractivity contribution in [2.75, 3.05) is 6.61 Å². The van der Waals surface area contributed by atoms with Crippen LogP contribution >= 0.6 is 27.5 Å². The van der Waals surface area contributed by atoms with Gasteiger partial charge in [0.1, 0.15) is 17.4 Å². The normalized spacial score (nSPS) is 12.2. The third kappa shape index (κ3) is 3.49. The number of hydrogen-bond donors (Lipinski definition) is 0. The summed E-state index contributed by atoms with van der Waals surface area (Å²) in [5, 5.41) is -0.648. The van der Waals surface area contributed by atoms with E-state index >= 15 is 0 Å². The van der Waals surface area contributed by atoms with Crippen molar-refractivity contribution >= 4 is 27.5 Å². The summed E-state index contributed by atoms with van der Waals surface area (Å²) in [5.74, 6) is -0.585. The van der Waals surface area contributed by atoms with Gasteiger partial charge in [0.25, 0.3) is 0 Å². The first kappa shape index (κ1) is 15.3. The van der Waals surface area contributed by atoms with Crippen molar-refractivity contribution in [3.63, 3.8) is 0 Å². The number of hydrogen-bond acceptors (Lipinski definition) is 1. The molecule has 0 aliphatic carbocycles. The van der Waals surface area contributed by atoms with E-state index in [1.807, 2.05) is 6.92 Å². The summed E-state index contributed by atoms with van der Waals surface area (Å²) in [7, 11) is 0. The maximum atomic E-state index is 13.2. The zero-order valence-electron chi connectivity index (χ0n) is 10.7. The smallest absolute Gasteiger partial charge is 0.126 e. The number of benzene rings is 2. The van der Waals surface area contributed by atoms with Crippen LogP contribution in [0.15, 0.2) is 40.9 Å². The molecule has 0 saturated carbocycles. The molecule has 0 N–H and O–H groups in total. The van der Waals surface area contributed by atoms with Crippen molar-refractivity contribution in [1.82, 2.24) is 0 Å². The fourth-order valence-corrected chi connectivity index (χ4v) is 2.91. The summed E-state index contributed by atoms with van der Waals surface area (Å²) in [6.07, 6.45) is 0. The van der Waals surface area contributed by atoms with E-state index in [2.05, 4.69) is 15.9 Å². The standard InChI is InChI=1S/C15H12BrClF2O/c1-2-20-12-3-4-13(14(16)8-12)15(17)9-5-10(18)7-11(19)6-9/h3-8,15H,2H2,1H3. The van der Waals surface area contributed by atoms with Gasteiger partial charge in [-0.15, -0.1) is 11.6 Å². The van der Waals surface area contributed by atoms with Crippen LogP contribution in [0, 0.1) is 11.6 Å². The quantitative estimate of drug-likeness (QED) is 0.658. The summed E-state index contributed by atoms with van der Waals surface area (Å²) in [4.78, 5) is 0. The van der Waals surface area contributed by atoms with Crippen molar-refractivity contribution in [3.05, 3.63) is 63.6 Å². The molecular weight excluding hydrogens is 350 g/mol. The number of rotatable bonds is 4. The van der Waals surface area contributed by atoms with E-state index < -0.39 is 17.0 Å². The molecule has 1 unspecified atom stereocenters. The van der Waals surface area contributed by atoms with Gasteiger partial charge in [0, 0.05) is 10.5 Å². The van der Waals surface area contributed by atoms with Gasteiger partial charge in [0.2, 0.25) is 0 Å². The molecule has 106 valence electrons. The molecule has 0 aliphatic heterocycles. The topological polar surface area (TPSA) is 9.23 Å². The summed E-state index contributed by atoms with van der Waals surface area (Å²) < 4.78 is 32.6. The van der Waals surface area contributed by atoms with E-state index in [0.717, 1.165) is 16.1 Å².